The Bertz CT molecular complexity index is 468. The van der Waals surface area contributed by atoms with E-state index in [1.165, 1.54) is 13.0 Å². The first-order chi connectivity index (χ1) is 9.82. The minimum Gasteiger partial charge on any atom is -0.325 e. The SMILES string of the molecule is CC.CC.CC(=N)c1c(F)cc(C)cc1NC(=O)C(C)C. The molecule has 0 radical (unpaired) electrons. The van der Waals surface area contributed by atoms with Crippen LogP contribution in [0.5, 0.6) is 0 Å². The Morgan fingerprint density at radius 2 is 1.67 bits per heavy atom. The van der Waals surface area contributed by atoms with Crippen LogP contribution < -0.4 is 5.32 Å². The molecule has 1 aromatic carbocycles. The van der Waals surface area contributed by atoms with E-state index < -0.39 is 5.82 Å². The molecule has 0 bridgehead atoms. The van der Waals surface area contributed by atoms with Gasteiger partial charge in [0.1, 0.15) is 5.82 Å². The van der Waals surface area contributed by atoms with Gasteiger partial charge < -0.3 is 10.7 Å². The summed E-state index contributed by atoms with van der Waals surface area (Å²) < 4.78 is 13.7. The van der Waals surface area contributed by atoms with Crippen LogP contribution in [0.25, 0.3) is 0 Å². The highest BCUT2D eigenvalue weighted by molar-refractivity contribution is 6.05. The van der Waals surface area contributed by atoms with Gasteiger partial charge >= 0.3 is 0 Å². The first-order valence-corrected chi connectivity index (χ1v) is 7.49. The Labute approximate surface area is 128 Å². The molecule has 0 aliphatic carbocycles. The molecule has 21 heavy (non-hydrogen) atoms. The van der Waals surface area contributed by atoms with Crippen molar-refractivity contribution in [3.63, 3.8) is 0 Å². The van der Waals surface area contributed by atoms with E-state index in [0.29, 0.717) is 11.3 Å². The van der Waals surface area contributed by atoms with Gasteiger partial charge in [0.2, 0.25) is 5.91 Å². The van der Waals surface area contributed by atoms with Crippen LogP contribution in [0.15, 0.2) is 12.1 Å². The number of hydrogen-bond acceptors (Lipinski definition) is 2. The Morgan fingerprint density at radius 1 is 1.19 bits per heavy atom. The van der Waals surface area contributed by atoms with Crippen molar-refractivity contribution in [3.8, 4) is 0 Å². The topological polar surface area (TPSA) is 53.0 Å². The lowest BCUT2D eigenvalue weighted by molar-refractivity contribution is -0.118. The second-order valence-electron chi connectivity index (χ2n) is 4.44. The number of aryl methyl sites for hydroxylation is 1. The summed E-state index contributed by atoms with van der Waals surface area (Å²) in [6.07, 6.45) is 0. The molecule has 0 spiro atoms. The number of hydrogen-bond donors (Lipinski definition) is 2. The third-order valence-corrected chi connectivity index (χ3v) is 2.39. The van der Waals surface area contributed by atoms with E-state index in [2.05, 4.69) is 5.32 Å². The van der Waals surface area contributed by atoms with Gasteiger partial charge in [-0.05, 0) is 31.5 Å². The quantitative estimate of drug-likeness (QED) is 0.743. The third-order valence-electron chi connectivity index (χ3n) is 2.39. The van der Waals surface area contributed by atoms with Gasteiger partial charge in [0.15, 0.2) is 0 Å². The van der Waals surface area contributed by atoms with Crippen LogP contribution >= 0.6 is 0 Å². The fourth-order valence-electron chi connectivity index (χ4n) is 1.50. The van der Waals surface area contributed by atoms with Gasteiger partial charge in [-0.15, -0.1) is 0 Å². The van der Waals surface area contributed by atoms with E-state index >= 15 is 0 Å². The number of benzene rings is 1. The first kappa shape index (κ1) is 21.6. The van der Waals surface area contributed by atoms with E-state index in [1.807, 2.05) is 27.7 Å². The monoisotopic (exact) mass is 296 g/mol. The zero-order valence-electron chi connectivity index (χ0n) is 14.5. The van der Waals surface area contributed by atoms with Crippen molar-refractivity contribution in [1.29, 1.82) is 5.41 Å². The zero-order chi connectivity index (χ0) is 17.2. The molecule has 1 aromatic rings. The molecular formula is C17H29FN2O. The van der Waals surface area contributed by atoms with Gasteiger partial charge in [-0.2, -0.15) is 0 Å². The van der Waals surface area contributed by atoms with Gasteiger partial charge in [-0.1, -0.05) is 41.5 Å². The largest absolute Gasteiger partial charge is 0.325 e. The van der Waals surface area contributed by atoms with Crippen molar-refractivity contribution in [2.24, 2.45) is 5.92 Å². The molecule has 1 rings (SSSR count). The van der Waals surface area contributed by atoms with Crippen LogP contribution in [0.2, 0.25) is 0 Å². The highest BCUT2D eigenvalue weighted by atomic mass is 19.1. The average molecular weight is 296 g/mol. The van der Waals surface area contributed by atoms with Gasteiger partial charge in [0.25, 0.3) is 0 Å². The van der Waals surface area contributed by atoms with Gasteiger partial charge in [0, 0.05) is 11.6 Å². The minimum atomic E-state index is -0.475. The summed E-state index contributed by atoms with van der Waals surface area (Å²) in [7, 11) is 0. The van der Waals surface area contributed by atoms with Crippen LogP contribution in [0.4, 0.5) is 10.1 Å². The predicted molar refractivity (Wildman–Crippen MR) is 89.8 cm³/mol. The van der Waals surface area contributed by atoms with Crippen LogP contribution in [-0.4, -0.2) is 11.6 Å². The second kappa shape index (κ2) is 11.0. The normalized spacial score (nSPS) is 9.05. The van der Waals surface area contributed by atoms with Crippen molar-refractivity contribution in [2.75, 3.05) is 5.32 Å². The summed E-state index contributed by atoms with van der Waals surface area (Å²) in [6, 6.07) is 3.04. The van der Waals surface area contributed by atoms with Crippen LogP contribution in [0.3, 0.4) is 0 Å². The lowest BCUT2D eigenvalue weighted by Gasteiger charge is -2.13. The summed E-state index contributed by atoms with van der Waals surface area (Å²) in [4.78, 5) is 11.6. The van der Waals surface area contributed by atoms with Crippen molar-refractivity contribution in [2.45, 2.75) is 55.4 Å². The highest BCUT2D eigenvalue weighted by Gasteiger charge is 2.15. The van der Waals surface area contributed by atoms with E-state index in [4.69, 9.17) is 5.41 Å². The molecule has 0 aromatic heterocycles. The lowest BCUT2D eigenvalue weighted by Crippen LogP contribution is -2.20. The molecule has 0 saturated heterocycles. The molecule has 0 unspecified atom stereocenters. The van der Waals surface area contributed by atoms with Crippen molar-refractivity contribution in [1.82, 2.24) is 0 Å². The molecule has 4 heteroatoms. The van der Waals surface area contributed by atoms with Crippen molar-refractivity contribution in [3.05, 3.63) is 29.1 Å². The highest BCUT2D eigenvalue weighted by Crippen LogP contribution is 2.22. The average Bonchev–Trinajstić information content (AvgIpc) is 2.41. The fourth-order valence-corrected chi connectivity index (χ4v) is 1.50. The summed E-state index contributed by atoms with van der Waals surface area (Å²) in [5, 5.41) is 10.2. The Balaban J connectivity index is 0. The Hall–Kier alpha value is -1.71. The minimum absolute atomic E-state index is 0.0987. The number of nitrogens with one attached hydrogen (secondary N) is 2. The standard InChI is InChI=1S/C13H17FN2O.2C2H6/c1-7(2)13(17)16-11-6-8(3)5-10(14)12(11)9(4)15;2*1-2/h5-7,15H,1-4H3,(H,16,17);2*1-2H3. The number of rotatable bonds is 3. The molecule has 0 aliphatic heterocycles. The Morgan fingerprint density at radius 3 is 2.05 bits per heavy atom. The van der Waals surface area contributed by atoms with E-state index in [9.17, 15) is 9.18 Å². The summed E-state index contributed by atoms with van der Waals surface area (Å²) in [6.45, 7) is 14.8. The van der Waals surface area contributed by atoms with Crippen LogP contribution in [0, 0.1) is 24.1 Å². The molecule has 1 amide bonds. The third kappa shape index (κ3) is 7.02. The number of carbonyl (C=O) groups excluding carboxylic acids is 1. The number of halogens is 1. The molecule has 0 atom stereocenters. The van der Waals surface area contributed by atoms with E-state index in [0.717, 1.165) is 0 Å². The predicted octanol–water partition coefficient (Wildman–Crippen LogP) is 5.17. The van der Waals surface area contributed by atoms with Gasteiger partial charge in [0.05, 0.1) is 11.3 Å². The van der Waals surface area contributed by atoms with Crippen LogP contribution in [-0.2, 0) is 4.79 Å². The van der Waals surface area contributed by atoms with Gasteiger partial charge in [-0.25, -0.2) is 4.39 Å². The molecule has 0 heterocycles. The lowest BCUT2D eigenvalue weighted by atomic mass is 10.0. The van der Waals surface area contributed by atoms with Crippen molar-refractivity contribution >= 4 is 17.3 Å². The van der Waals surface area contributed by atoms with Gasteiger partial charge in [-0.3, -0.25) is 4.79 Å². The summed E-state index contributed by atoms with van der Waals surface area (Å²) >= 11 is 0. The Kier molecular flexibility index (Phi) is 11.3. The molecule has 0 aliphatic rings. The molecule has 2 N–H and O–H groups in total. The first-order valence-electron chi connectivity index (χ1n) is 7.49. The number of carbonyl (C=O) groups is 1. The molecule has 3 nitrogen and oxygen atoms in total. The van der Waals surface area contributed by atoms with Crippen molar-refractivity contribution < 1.29 is 9.18 Å². The molecular weight excluding hydrogens is 267 g/mol. The zero-order valence-corrected chi connectivity index (χ0v) is 14.5. The number of amides is 1. The maximum atomic E-state index is 13.7. The fraction of sp³-hybridized carbons (Fsp3) is 0.529. The molecule has 0 saturated carbocycles. The van der Waals surface area contributed by atoms with E-state index in [1.54, 1.807) is 26.8 Å². The summed E-state index contributed by atoms with van der Waals surface area (Å²) in [5.41, 5.74) is 1.34. The van der Waals surface area contributed by atoms with E-state index in [-0.39, 0.29) is 23.1 Å². The maximum absolute atomic E-state index is 13.7. The maximum Gasteiger partial charge on any atom is 0.226 e. The second-order valence-corrected chi connectivity index (χ2v) is 4.44. The number of anilines is 1. The van der Waals surface area contributed by atoms with Crippen LogP contribution in [0.1, 0.15) is 59.6 Å². The smallest absolute Gasteiger partial charge is 0.226 e. The molecule has 0 fully saturated rings. The summed E-state index contributed by atoms with van der Waals surface area (Å²) in [5.74, 6) is -0.841. The molecule has 120 valence electrons.